The molecule has 1 aliphatic heterocycles. The SMILES string of the molecule is CCC1NC(CC(C)C)C(=O)N1C(C)CCCC(C)C. The summed E-state index contributed by atoms with van der Waals surface area (Å²) in [6.45, 7) is 13.3. The van der Waals surface area contributed by atoms with E-state index in [0.717, 1.165) is 25.2 Å². The van der Waals surface area contributed by atoms with E-state index in [1.54, 1.807) is 0 Å². The second-order valence-corrected chi connectivity index (χ2v) is 7.19. The molecule has 0 aromatic rings. The van der Waals surface area contributed by atoms with Gasteiger partial charge in [-0.05, 0) is 38.0 Å². The van der Waals surface area contributed by atoms with Gasteiger partial charge in [-0.3, -0.25) is 10.1 Å². The number of nitrogens with one attached hydrogen (secondary N) is 1. The van der Waals surface area contributed by atoms with E-state index in [4.69, 9.17) is 0 Å². The molecule has 1 heterocycles. The zero-order valence-electron chi connectivity index (χ0n) is 14.3. The summed E-state index contributed by atoms with van der Waals surface area (Å²) in [6.07, 6.45) is 5.77. The molecule has 0 saturated carbocycles. The predicted octanol–water partition coefficient (Wildman–Crippen LogP) is 3.78. The molecule has 0 radical (unpaired) electrons. The van der Waals surface area contributed by atoms with E-state index in [-0.39, 0.29) is 12.2 Å². The normalized spacial score (nSPS) is 25.0. The summed E-state index contributed by atoms with van der Waals surface area (Å²) >= 11 is 0. The van der Waals surface area contributed by atoms with Crippen LogP contribution in [-0.4, -0.2) is 29.1 Å². The smallest absolute Gasteiger partial charge is 0.241 e. The highest BCUT2D eigenvalue weighted by molar-refractivity contribution is 5.84. The topological polar surface area (TPSA) is 32.3 Å². The summed E-state index contributed by atoms with van der Waals surface area (Å²) in [5, 5.41) is 3.53. The minimum absolute atomic E-state index is 0.0347. The summed E-state index contributed by atoms with van der Waals surface area (Å²) < 4.78 is 0. The Hall–Kier alpha value is -0.570. The van der Waals surface area contributed by atoms with Crippen LogP contribution in [0.3, 0.4) is 0 Å². The van der Waals surface area contributed by atoms with Gasteiger partial charge in [0.1, 0.15) is 0 Å². The van der Waals surface area contributed by atoms with Crippen LogP contribution in [0, 0.1) is 11.8 Å². The van der Waals surface area contributed by atoms with Gasteiger partial charge in [-0.25, -0.2) is 0 Å². The first-order valence-electron chi connectivity index (χ1n) is 8.45. The fourth-order valence-corrected chi connectivity index (χ4v) is 3.16. The van der Waals surface area contributed by atoms with E-state index in [1.807, 2.05) is 0 Å². The third kappa shape index (κ3) is 4.76. The van der Waals surface area contributed by atoms with Crippen molar-refractivity contribution in [3.05, 3.63) is 0 Å². The lowest BCUT2D eigenvalue weighted by Gasteiger charge is -2.30. The molecule has 3 nitrogen and oxygen atoms in total. The molecule has 0 aromatic carbocycles. The fourth-order valence-electron chi connectivity index (χ4n) is 3.16. The monoisotopic (exact) mass is 282 g/mol. The van der Waals surface area contributed by atoms with Gasteiger partial charge in [0.05, 0.1) is 12.2 Å². The molecule has 1 N–H and O–H groups in total. The van der Waals surface area contributed by atoms with Crippen LogP contribution < -0.4 is 5.32 Å². The van der Waals surface area contributed by atoms with Crippen molar-refractivity contribution in [2.24, 2.45) is 11.8 Å². The third-order valence-corrected chi connectivity index (χ3v) is 4.25. The first kappa shape index (κ1) is 17.5. The maximum absolute atomic E-state index is 12.6. The molecule has 3 atom stereocenters. The van der Waals surface area contributed by atoms with Crippen molar-refractivity contribution in [1.82, 2.24) is 10.2 Å². The van der Waals surface area contributed by atoms with Crippen molar-refractivity contribution < 1.29 is 4.79 Å². The molecule has 20 heavy (non-hydrogen) atoms. The molecule has 118 valence electrons. The molecule has 0 spiro atoms. The Morgan fingerprint density at radius 1 is 1.10 bits per heavy atom. The molecule has 1 saturated heterocycles. The Bertz CT molecular complexity index is 301. The number of rotatable bonds is 8. The number of carbonyl (C=O) groups is 1. The summed E-state index contributed by atoms with van der Waals surface area (Å²) in [5.41, 5.74) is 0. The quantitative estimate of drug-likeness (QED) is 0.734. The molecule has 1 aliphatic rings. The summed E-state index contributed by atoms with van der Waals surface area (Å²) in [5.74, 6) is 1.64. The second kappa shape index (κ2) is 8.02. The van der Waals surface area contributed by atoms with Crippen LogP contribution in [0.25, 0.3) is 0 Å². The van der Waals surface area contributed by atoms with Gasteiger partial charge in [0.25, 0.3) is 0 Å². The first-order valence-corrected chi connectivity index (χ1v) is 8.45. The highest BCUT2D eigenvalue weighted by Gasteiger charge is 2.39. The first-order chi connectivity index (χ1) is 9.36. The second-order valence-electron chi connectivity index (χ2n) is 7.19. The van der Waals surface area contributed by atoms with E-state index in [1.165, 1.54) is 12.8 Å². The zero-order chi connectivity index (χ0) is 15.3. The van der Waals surface area contributed by atoms with Crippen LogP contribution in [0.2, 0.25) is 0 Å². The highest BCUT2D eigenvalue weighted by Crippen LogP contribution is 2.23. The molecule has 3 unspecified atom stereocenters. The van der Waals surface area contributed by atoms with E-state index in [2.05, 4.69) is 51.8 Å². The van der Waals surface area contributed by atoms with Crippen LogP contribution in [-0.2, 0) is 4.79 Å². The number of nitrogens with zero attached hydrogens (tertiary/aromatic N) is 1. The van der Waals surface area contributed by atoms with E-state index in [0.29, 0.717) is 17.9 Å². The third-order valence-electron chi connectivity index (χ3n) is 4.25. The molecule has 0 bridgehead atoms. The van der Waals surface area contributed by atoms with Gasteiger partial charge in [0.15, 0.2) is 0 Å². The molecule has 0 aliphatic carbocycles. The van der Waals surface area contributed by atoms with Crippen LogP contribution in [0.15, 0.2) is 0 Å². The van der Waals surface area contributed by atoms with Gasteiger partial charge in [0, 0.05) is 6.04 Å². The van der Waals surface area contributed by atoms with Crippen molar-refractivity contribution in [3.63, 3.8) is 0 Å². The lowest BCUT2D eigenvalue weighted by Crippen LogP contribution is -2.42. The van der Waals surface area contributed by atoms with Gasteiger partial charge in [-0.15, -0.1) is 0 Å². The standard InChI is InChI=1S/C17H34N2O/c1-7-16-18-15(11-13(4)5)17(20)19(16)14(6)10-8-9-12(2)3/h12-16,18H,7-11H2,1-6H3. The van der Waals surface area contributed by atoms with Crippen LogP contribution in [0.1, 0.15) is 73.6 Å². The largest absolute Gasteiger partial charge is 0.323 e. The lowest BCUT2D eigenvalue weighted by molar-refractivity contribution is -0.132. The van der Waals surface area contributed by atoms with E-state index < -0.39 is 0 Å². The van der Waals surface area contributed by atoms with Crippen molar-refractivity contribution in [1.29, 1.82) is 0 Å². The Morgan fingerprint density at radius 3 is 2.25 bits per heavy atom. The predicted molar refractivity (Wildman–Crippen MR) is 85.5 cm³/mol. The Balaban J connectivity index is 2.58. The van der Waals surface area contributed by atoms with Gasteiger partial charge in [0.2, 0.25) is 5.91 Å². The summed E-state index contributed by atoms with van der Waals surface area (Å²) in [4.78, 5) is 14.7. The van der Waals surface area contributed by atoms with Gasteiger partial charge < -0.3 is 4.90 Å². The van der Waals surface area contributed by atoms with Crippen molar-refractivity contribution in [2.75, 3.05) is 0 Å². The molecular formula is C17H34N2O. The molecule has 1 amide bonds. The molecule has 3 heteroatoms. The summed E-state index contributed by atoms with van der Waals surface area (Å²) in [6, 6.07) is 0.392. The van der Waals surface area contributed by atoms with Crippen molar-refractivity contribution >= 4 is 5.91 Å². The van der Waals surface area contributed by atoms with Gasteiger partial charge in [-0.1, -0.05) is 47.5 Å². The molecule has 0 aromatic heterocycles. The molecule has 1 fully saturated rings. The van der Waals surface area contributed by atoms with Crippen molar-refractivity contribution in [2.45, 2.75) is 91.9 Å². The van der Waals surface area contributed by atoms with Crippen LogP contribution in [0.5, 0.6) is 0 Å². The Morgan fingerprint density at radius 2 is 1.75 bits per heavy atom. The number of amides is 1. The van der Waals surface area contributed by atoms with Crippen LogP contribution in [0.4, 0.5) is 0 Å². The Labute approximate surface area is 125 Å². The van der Waals surface area contributed by atoms with E-state index >= 15 is 0 Å². The molecular weight excluding hydrogens is 248 g/mol. The van der Waals surface area contributed by atoms with E-state index in [9.17, 15) is 4.79 Å². The molecule has 1 rings (SSSR count). The highest BCUT2D eigenvalue weighted by atomic mass is 16.2. The maximum Gasteiger partial charge on any atom is 0.241 e. The number of hydrogen-bond acceptors (Lipinski definition) is 2. The lowest BCUT2D eigenvalue weighted by atomic mass is 10.0. The summed E-state index contributed by atoms with van der Waals surface area (Å²) in [7, 11) is 0. The fraction of sp³-hybridized carbons (Fsp3) is 0.941. The number of carbonyl (C=O) groups excluding carboxylic acids is 1. The van der Waals surface area contributed by atoms with Crippen molar-refractivity contribution in [3.8, 4) is 0 Å². The zero-order valence-corrected chi connectivity index (χ0v) is 14.3. The average Bonchev–Trinajstić information content (AvgIpc) is 2.65. The van der Waals surface area contributed by atoms with Gasteiger partial charge in [-0.2, -0.15) is 0 Å². The Kier molecular flexibility index (Phi) is 7.01. The van der Waals surface area contributed by atoms with Crippen LogP contribution >= 0.6 is 0 Å². The minimum atomic E-state index is 0.0347. The number of hydrogen-bond donors (Lipinski definition) is 1. The van der Waals surface area contributed by atoms with Gasteiger partial charge >= 0.3 is 0 Å². The average molecular weight is 282 g/mol. The minimum Gasteiger partial charge on any atom is -0.323 e. The maximum atomic E-state index is 12.6.